The summed E-state index contributed by atoms with van der Waals surface area (Å²) in [5.41, 5.74) is 1.14. The highest BCUT2D eigenvalue weighted by molar-refractivity contribution is 6.30. The number of hydrogen-bond donors (Lipinski definition) is 1. The zero-order valence-electron chi connectivity index (χ0n) is 11.4. The smallest absolute Gasteiger partial charge is 0.123 e. The van der Waals surface area contributed by atoms with Gasteiger partial charge in [-0.25, -0.2) is 0 Å². The van der Waals surface area contributed by atoms with Gasteiger partial charge in [0, 0.05) is 29.7 Å². The molecule has 2 bridgehead atoms. The third-order valence-electron chi connectivity index (χ3n) is 4.45. The van der Waals surface area contributed by atoms with Gasteiger partial charge in [0.05, 0.1) is 7.11 Å². The molecule has 3 saturated heterocycles. The standard InChI is InChI=1S/C15H21ClN2O/c1-19-15-3-2-13(16)8-12(15)9-17-14-10-18-6-4-11(14)5-7-18/h2-3,8,11,14,17H,4-7,9-10H2,1H3/t14-/m0/s1. The quantitative estimate of drug-likeness (QED) is 0.917. The predicted octanol–water partition coefficient (Wildman–Crippen LogP) is 2.53. The molecule has 1 N–H and O–H groups in total. The summed E-state index contributed by atoms with van der Waals surface area (Å²) >= 11 is 6.07. The summed E-state index contributed by atoms with van der Waals surface area (Å²) in [6, 6.07) is 6.43. The Labute approximate surface area is 119 Å². The van der Waals surface area contributed by atoms with Crippen LogP contribution in [0.3, 0.4) is 0 Å². The van der Waals surface area contributed by atoms with Crippen LogP contribution in [-0.2, 0) is 6.54 Å². The second kappa shape index (κ2) is 5.70. The molecule has 1 atom stereocenters. The van der Waals surface area contributed by atoms with Gasteiger partial charge in [-0.3, -0.25) is 0 Å². The van der Waals surface area contributed by atoms with E-state index in [2.05, 4.69) is 10.2 Å². The molecule has 1 aromatic rings. The van der Waals surface area contributed by atoms with E-state index in [-0.39, 0.29) is 0 Å². The molecule has 0 radical (unpaired) electrons. The minimum atomic E-state index is 0.617. The first-order valence-electron chi connectivity index (χ1n) is 7.04. The van der Waals surface area contributed by atoms with Crippen molar-refractivity contribution in [2.75, 3.05) is 26.7 Å². The lowest BCUT2D eigenvalue weighted by atomic mass is 9.84. The molecule has 0 amide bonds. The van der Waals surface area contributed by atoms with E-state index >= 15 is 0 Å². The number of halogens is 1. The highest BCUT2D eigenvalue weighted by Gasteiger charge is 2.33. The molecule has 4 rings (SSSR count). The summed E-state index contributed by atoms with van der Waals surface area (Å²) in [7, 11) is 1.71. The fourth-order valence-corrected chi connectivity index (χ4v) is 3.52. The van der Waals surface area contributed by atoms with Crippen LogP contribution in [0.5, 0.6) is 5.75 Å². The summed E-state index contributed by atoms with van der Waals surface area (Å²) in [6.07, 6.45) is 2.68. The van der Waals surface area contributed by atoms with Crippen LogP contribution in [0.2, 0.25) is 5.02 Å². The number of rotatable bonds is 4. The highest BCUT2D eigenvalue weighted by Crippen LogP contribution is 2.28. The maximum Gasteiger partial charge on any atom is 0.123 e. The number of nitrogens with one attached hydrogen (secondary N) is 1. The number of methoxy groups -OCH3 is 1. The Kier molecular flexibility index (Phi) is 3.96. The van der Waals surface area contributed by atoms with Crippen LogP contribution < -0.4 is 10.1 Å². The van der Waals surface area contributed by atoms with Gasteiger partial charge in [-0.2, -0.15) is 0 Å². The van der Waals surface area contributed by atoms with Crippen molar-refractivity contribution in [2.45, 2.75) is 25.4 Å². The molecule has 0 unspecified atom stereocenters. The fraction of sp³-hybridized carbons (Fsp3) is 0.600. The number of fused-ring (bicyclic) bond motifs is 3. The van der Waals surface area contributed by atoms with Crippen LogP contribution in [0.4, 0.5) is 0 Å². The Morgan fingerprint density at radius 3 is 2.79 bits per heavy atom. The molecule has 3 nitrogen and oxygen atoms in total. The molecule has 3 aliphatic rings. The molecule has 0 spiro atoms. The Balaban J connectivity index is 1.64. The largest absolute Gasteiger partial charge is 0.496 e. The Hall–Kier alpha value is -0.770. The van der Waals surface area contributed by atoms with E-state index in [0.717, 1.165) is 28.8 Å². The van der Waals surface area contributed by atoms with Gasteiger partial charge in [0.2, 0.25) is 0 Å². The number of hydrogen-bond acceptors (Lipinski definition) is 3. The lowest BCUT2D eigenvalue weighted by molar-refractivity contribution is 0.0719. The Morgan fingerprint density at radius 1 is 1.37 bits per heavy atom. The van der Waals surface area contributed by atoms with Crippen molar-refractivity contribution in [3.63, 3.8) is 0 Å². The van der Waals surface area contributed by atoms with Gasteiger partial charge in [-0.15, -0.1) is 0 Å². The zero-order valence-corrected chi connectivity index (χ0v) is 12.1. The van der Waals surface area contributed by atoms with E-state index in [0.29, 0.717) is 6.04 Å². The molecule has 3 heterocycles. The van der Waals surface area contributed by atoms with Gasteiger partial charge in [0.1, 0.15) is 5.75 Å². The van der Waals surface area contributed by atoms with Crippen molar-refractivity contribution in [3.8, 4) is 5.75 Å². The average Bonchev–Trinajstić information content (AvgIpc) is 2.46. The molecule has 0 aromatic heterocycles. The summed E-state index contributed by atoms with van der Waals surface area (Å²) in [6.45, 7) is 4.58. The normalized spacial score (nSPS) is 29.5. The molecule has 0 saturated carbocycles. The van der Waals surface area contributed by atoms with Crippen LogP contribution in [0, 0.1) is 5.92 Å². The van der Waals surface area contributed by atoms with E-state index in [1.807, 2.05) is 18.2 Å². The molecule has 1 aromatic carbocycles. The minimum absolute atomic E-state index is 0.617. The first kappa shape index (κ1) is 13.2. The van der Waals surface area contributed by atoms with Crippen LogP contribution in [0.15, 0.2) is 18.2 Å². The van der Waals surface area contributed by atoms with Crippen LogP contribution in [0.25, 0.3) is 0 Å². The molecule has 104 valence electrons. The predicted molar refractivity (Wildman–Crippen MR) is 77.8 cm³/mol. The molecule has 3 fully saturated rings. The number of benzene rings is 1. The molecule has 4 heteroatoms. The third-order valence-corrected chi connectivity index (χ3v) is 4.69. The van der Waals surface area contributed by atoms with Crippen molar-refractivity contribution in [3.05, 3.63) is 28.8 Å². The Bertz CT molecular complexity index is 444. The van der Waals surface area contributed by atoms with Crippen LogP contribution >= 0.6 is 11.6 Å². The zero-order chi connectivity index (χ0) is 13.2. The SMILES string of the molecule is COc1ccc(Cl)cc1CN[C@H]1CN2CCC1CC2. The summed E-state index contributed by atoms with van der Waals surface area (Å²) in [5.74, 6) is 1.76. The first-order chi connectivity index (χ1) is 9.26. The second-order valence-electron chi connectivity index (χ2n) is 5.58. The van der Waals surface area contributed by atoms with Gasteiger partial charge in [-0.1, -0.05) is 11.6 Å². The van der Waals surface area contributed by atoms with Gasteiger partial charge >= 0.3 is 0 Å². The minimum Gasteiger partial charge on any atom is -0.496 e. The molecular weight excluding hydrogens is 260 g/mol. The number of nitrogens with zero attached hydrogens (tertiary/aromatic N) is 1. The lowest BCUT2D eigenvalue weighted by Gasteiger charge is -2.45. The van der Waals surface area contributed by atoms with E-state index in [4.69, 9.17) is 16.3 Å². The van der Waals surface area contributed by atoms with Gasteiger partial charge in [0.25, 0.3) is 0 Å². The fourth-order valence-electron chi connectivity index (χ4n) is 3.32. The molecule has 0 aliphatic carbocycles. The highest BCUT2D eigenvalue weighted by atomic mass is 35.5. The average molecular weight is 281 g/mol. The first-order valence-corrected chi connectivity index (χ1v) is 7.42. The van der Waals surface area contributed by atoms with Crippen molar-refractivity contribution < 1.29 is 4.74 Å². The van der Waals surface area contributed by atoms with Crippen molar-refractivity contribution in [1.29, 1.82) is 0 Å². The van der Waals surface area contributed by atoms with Crippen LogP contribution in [0.1, 0.15) is 18.4 Å². The summed E-state index contributed by atoms with van der Waals surface area (Å²) < 4.78 is 5.39. The van der Waals surface area contributed by atoms with Gasteiger partial charge < -0.3 is 15.0 Å². The van der Waals surface area contributed by atoms with Crippen molar-refractivity contribution in [1.82, 2.24) is 10.2 Å². The van der Waals surface area contributed by atoms with Crippen molar-refractivity contribution in [2.24, 2.45) is 5.92 Å². The topological polar surface area (TPSA) is 24.5 Å². The van der Waals surface area contributed by atoms with Crippen LogP contribution in [-0.4, -0.2) is 37.7 Å². The molecular formula is C15H21ClN2O. The third kappa shape index (κ3) is 2.88. The number of ether oxygens (including phenoxy) is 1. The van der Waals surface area contributed by atoms with E-state index < -0.39 is 0 Å². The maximum atomic E-state index is 6.07. The number of piperidine rings is 3. The Morgan fingerprint density at radius 2 is 2.16 bits per heavy atom. The maximum absolute atomic E-state index is 6.07. The van der Waals surface area contributed by atoms with E-state index in [1.54, 1.807) is 7.11 Å². The van der Waals surface area contributed by atoms with E-state index in [9.17, 15) is 0 Å². The molecule has 3 aliphatic heterocycles. The van der Waals surface area contributed by atoms with Gasteiger partial charge in [-0.05, 0) is 50.0 Å². The van der Waals surface area contributed by atoms with Gasteiger partial charge in [0.15, 0.2) is 0 Å². The van der Waals surface area contributed by atoms with Crippen molar-refractivity contribution >= 4 is 11.6 Å². The second-order valence-corrected chi connectivity index (χ2v) is 6.02. The molecule has 19 heavy (non-hydrogen) atoms. The monoisotopic (exact) mass is 280 g/mol. The van der Waals surface area contributed by atoms with E-state index in [1.165, 1.54) is 32.5 Å². The summed E-state index contributed by atoms with van der Waals surface area (Å²) in [5, 5.41) is 4.46. The summed E-state index contributed by atoms with van der Waals surface area (Å²) in [4.78, 5) is 2.56. The lowest BCUT2D eigenvalue weighted by Crippen LogP contribution is -2.55.